The molecule has 0 saturated carbocycles. The van der Waals surface area contributed by atoms with E-state index in [9.17, 15) is 19.2 Å². The Morgan fingerprint density at radius 1 is 1.00 bits per heavy atom. The third kappa shape index (κ3) is 10.3. The molecule has 0 aliphatic heterocycles. The molecular weight excluding hydrogens is 406 g/mol. The summed E-state index contributed by atoms with van der Waals surface area (Å²) in [7, 11) is 0. The lowest BCUT2D eigenvalue weighted by Crippen LogP contribution is -2.53. The van der Waals surface area contributed by atoms with Crippen LogP contribution in [0.4, 0.5) is 15.3 Å². The van der Waals surface area contributed by atoms with Crippen LogP contribution in [-0.4, -0.2) is 52.8 Å². The molecule has 0 saturated heterocycles. The summed E-state index contributed by atoms with van der Waals surface area (Å²) in [5, 5.41) is 28.0. The molecule has 0 aliphatic carbocycles. The second kappa shape index (κ2) is 13.1. The van der Waals surface area contributed by atoms with E-state index < -0.39 is 36.0 Å². The van der Waals surface area contributed by atoms with Crippen LogP contribution < -0.4 is 27.0 Å². The summed E-state index contributed by atoms with van der Waals surface area (Å²) in [5.41, 5.74) is 6.18. The van der Waals surface area contributed by atoms with Crippen LogP contribution in [0.2, 0.25) is 0 Å². The number of primary amides is 1. The molecule has 1 aromatic carbocycles. The van der Waals surface area contributed by atoms with Gasteiger partial charge in [0, 0.05) is 12.2 Å². The van der Waals surface area contributed by atoms with E-state index in [0.717, 1.165) is 0 Å². The number of carbonyl (C=O) groups is 4. The lowest BCUT2D eigenvalue weighted by molar-refractivity contribution is -0.128. The van der Waals surface area contributed by atoms with Gasteiger partial charge in [0.15, 0.2) is 0 Å². The Morgan fingerprint density at radius 3 is 2.16 bits per heavy atom. The maximum Gasteiger partial charge on any atom is 0.405 e. The minimum atomic E-state index is -1.34. The maximum absolute atomic E-state index is 12.8. The van der Waals surface area contributed by atoms with Crippen molar-refractivity contribution in [2.24, 2.45) is 11.7 Å². The summed E-state index contributed by atoms with van der Waals surface area (Å²) >= 11 is 0. The minimum absolute atomic E-state index is 0.0414. The Balaban J connectivity index is 2.88. The number of nitrogens with one attached hydrogen (secondary N) is 4. The molecule has 1 rings (SSSR count). The number of amides is 5. The average molecular weight is 437 g/mol. The first-order valence-corrected chi connectivity index (χ1v) is 9.96. The fraction of sp³-hybridized carbons (Fsp3) is 0.500. The molecule has 0 heterocycles. The summed E-state index contributed by atoms with van der Waals surface area (Å²) in [6.07, 6.45) is -0.533. The second-order valence-corrected chi connectivity index (χ2v) is 7.47. The number of carboxylic acid groups (broad SMARTS) is 1. The molecule has 0 aromatic heterocycles. The second-order valence-electron chi connectivity index (χ2n) is 7.47. The first kappa shape index (κ1) is 25.7. The molecule has 8 N–H and O–H groups in total. The number of nitrogens with two attached hydrogens (primary N) is 1. The van der Waals surface area contributed by atoms with Crippen LogP contribution in [0.25, 0.3) is 0 Å². The average Bonchev–Trinajstić information content (AvgIpc) is 2.69. The molecule has 0 bridgehead atoms. The fourth-order valence-corrected chi connectivity index (χ4v) is 2.83. The van der Waals surface area contributed by atoms with E-state index in [1.165, 1.54) is 0 Å². The number of anilines is 1. The molecule has 0 spiro atoms. The van der Waals surface area contributed by atoms with Crippen molar-refractivity contribution >= 4 is 29.6 Å². The molecule has 172 valence electrons. The largest absolute Gasteiger partial charge is 0.465 e. The number of urea groups is 1. The highest BCUT2D eigenvalue weighted by Gasteiger charge is 2.27. The fourth-order valence-electron chi connectivity index (χ4n) is 2.83. The molecule has 2 atom stereocenters. The van der Waals surface area contributed by atoms with E-state index >= 15 is 0 Å². The smallest absolute Gasteiger partial charge is 0.405 e. The van der Waals surface area contributed by atoms with Crippen LogP contribution in [-0.2, 0) is 16.2 Å². The van der Waals surface area contributed by atoms with Crippen molar-refractivity contribution in [2.45, 2.75) is 51.8 Å². The first-order chi connectivity index (χ1) is 14.6. The lowest BCUT2D eigenvalue weighted by atomic mass is 10.0. The van der Waals surface area contributed by atoms with Gasteiger partial charge in [-0.1, -0.05) is 26.0 Å². The van der Waals surface area contributed by atoms with Crippen molar-refractivity contribution in [3.8, 4) is 0 Å². The number of benzene rings is 1. The number of aliphatic hydroxyl groups excluding tert-OH is 1. The van der Waals surface area contributed by atoms with E-state index in [4.69, 9.17) is 15.9 Å². The van der Waals surface area contributed by atoms with E-state index in [1.54, 1.807) is 24.3 Å². The van der Waals surface area contributed by atoms with Crippen molar-refractivity contribution in [1.82, 2.24) is 16.0 Å². The van der Waals surface area contributed by atoms with Gasteiger partial charge in [0.05, 0.1) is 6.61 Å². The number of rotatable bonds is 12. The van der Waals surface area contributed by atoms with Crippen LogP contribution in [0.5, 0.6) is 0 Å². The van der Waals surface area contributed by atoms with Crippen molar-refractivity contribution in [2.75, 3.05) is 11.9 Å². The highest BCUT2D eigenvalue weighted by Crippen LogP contribution is 2.12. The lowest BCUT2D eigenvalue weighted by Gasteiger charge is -2.23. The van der Waals surface area contributed by atoms with Gasteiger partial charge in [-0.2, -0.15) is 0 Å². The molecule has 0 fully saturated rings. The predicted octanol–water partition coefficient (Wildman–Crippen LogP) is 0.733. The topological polar surface area (TPSA) is 183 Å². The van der Waals surface area contributed by atoms with E-state index in [2.05, 4.69) is 21.3 Å². The zero-order chi connectivity index (χ0) is 23.4. The van der Waals surface area contributed by atoms with Gasteiger partial charge in [0.25, 0.3) is 0 Å². The van der Waals surface area contributed by atoms with Crippen LogP contribution >= 0.6 is 0 Å². The predicted molar refractivity (Wildman–Crippen MR) is 114 cm³/mol. The van der Waals surface area contributed by atoms with Gasteiger partial charge in [-0.15, -0.1) is 0 Å². The molecule has 11 heteroatoms. The van der Waals surface area contributed by atoms with Gasteiger partial charge in [-0.3, -0.25) is 9.59 Å². The zero-order valence-corrected chi connectivity index (χ0v) is 17.7. The highest BCUT2D eigenvalue weighted by atomic mass is 16.4. The van der Waals surface area contributed by atoms with Gasteiger partial charge in [0.1, 0.15) is 12.1 Å². The van der Waals surface area contributed by atoms with Crippen LogP contribution in [0.1, 0.15) is 38.7 Å². The van der Waals surface area contributed by atoms with E-state index in [1.807, 2.05) is 13.8 Å². The summed E-state index contributed by atoms with van der Waals surface area (Å²) in [6.45, 7) is 3.77. The van der Waals surface area contributed by atoms with Gasteiger partial charge in [-0.25, -0.2) is 9.59 Å². The molecule has 11 nitrogen and oxygen atoms in total. The highest BCUT2D eigenvalue weighted by molar-refractivity contribution is 5.98. The third-order valence-corrected chi connectivity index (χ3v) is 4.33. The SMILES string of the molecule is CC(C)CC(NC(=O)O)C(=O)NC(CCCNC(N)=O)C(=O)Nc1ccc(CO)cc1. The Kier molecular flexibility index (Phi) is 10.8. The Morgan fingerprint density at radius 2 is 1.65 bits per heavy atom. The Bertz CT molecular complexity index is 753. The van der Waals surface area contributed by atoms with Crippen molar-refractivity contribution in [1.29, 1.82) is 0 Å². The Labute approximate surface area is 180 Å². The number of carbonyl (C=O) groups excluding carboxylic acids is 3. The van der Waals surface area contributed by atoms with E-state index in [-0.39, 0.29) is 31.9 Å². The first-order valence-electron chi connectivity index (χ1n) is 9.96. The Hall–Kier alpha value is -3.34. The van der Waals surface area contributed by atoms with E-state index in [0.29, 0.717) is 17.7 Å². The summed E-state index contributed by atoms with van der Waals surface area (Å²) in [5.74, 6) is -1.07. The normalized spacial score (nSPS) is 12.5. The molecule has 0 aliphatic rings. The molecule has 1 aromatic rings. The molecule has 5 amide bonds. The van der Waals surface area contributed by atoms with Gasteiger partial charge in [0.2, 0.25) is 11.8 Å². The molecule has 2 unspecified atom stereocenters. The summed E-state index contributed by atoms with van der Waals surface area (Å²) < 4.78 is 0. The van der Waals surface area contributed by atoms with Crippen LogP contribution in [0.3, 0.4) is 0 Å². The summed E-state index contributed by atoms with van der Waals surface area (Å²) in [4.78, 5) is 47.3. The monoisotopic (exact) mass is 437 g/mol. The molecule has 31 heavy (non-hydrogen) atoms. The maximum atomic E-state index is 12.8. The minimum Gasteiger partial charge on any atom is -0.465 e. The zero-order valence-electron chi connectivity index (χ0n) is 17.7. The van der Waals surface area contributed by atoms with Crippen molar-refractivity contribution < 1.29 is 29.4 Å². The number of hydrogen-bond donors (Lipinski definition) is 7. The number of hydrogen-bond acceptors (Lipinski definition) is 5. The van der Waals surface area contributed by atoms with Crippen molar-refractivity contribution in [3.05, 3.63) is 29.8 Å². The van der Waals surface area contributed by atoms with Crippen LogP contribution in [0, 0.1) is 5.92 Å². The van der Waals surface area contributed by atoms with Gasteiger partial charge >= 0.3 is 12.1 Å². The molecule has 0 radical (unpaired) electrons. The summed E-state index contributed by atoms with van der Waals surface area (Å²) in [6, 6.07) is 3.85. The third-order valence-electron chi connectivity index (χ3n) is 4.33. The van der Waals surface area contributed by atoms with Gasteiger partial charge in [-0.05, 0) is 42.9 Å². The quantitative estimate of drug-likeness (QED) is 0.236. The van der Waals surface area contributed by atoms with Crippen LogP contribution in [0.15, 0.2) is 24.3 Å². The number of aliphatic hydroxyl groups is 1. The van der Waals surface area contributed by atoms with Gasteiger partial charge < -0.3 is 37.2 Å². The van der Waals surface area contributed by atoms with Crippen molar-refractivity contribution in [3.63, 3.8) is 0 Å². The standard InChI is InChI=1S/C20H31N5O6/c1-12(2)10-16(25-20(30)31)18(28)24-15(4-3-9-22-19(21)29)17(27)23-14-7-5-13(11-26)6-8-14/h5-8,12,15-16,25-26H,3-4,9-11H2,1-2H3,(H,23,27)(H,24,28)(H,30,31)(H3,21,22,29). The molecular formula is C20H31N5O6.